The first-order valence-corrected chi connectivity index (χ1v) is 8.40. The lowest BCUT2D eigenvalue weighted by atomic mass is 10.1. The van der Waals surface area contributed by atoms with E-state index in [1.807, 2.05) is 43.3 Å². The van der Waals surface area contributed by atoms with Crippen LogP contribution in [0.5, 0.6) is 0 Å². The molecule has 6 nitrogen and oxygen atoms in total. The van der Waals surface area contributed by atoms with E-state index in [0.29, 0.717) is 17.1 Å². The third-order valence-corrected chi connectivity index (χ3v) is 3.95. The molecule has 0 bridgehead atoms. The minimum absolute atomic E-state index is 0.0175. The van der Waals surface area contributed by atoms with Crippen LogP contribution >= 0.6 is 0 Å². The van der Waals surface area contributed by atoms with E-state index >= 15 is 0 Å². The summed E-state index contributed by atoms with van der Waals surface area (Å²) < 4.78 is 5.68. The minimum atomic E-state index is -0.438. The fraction of sp³-hybridized carbons (Fsp3) is 0.0952. The summed E-state index contributed by atoms with van der Waals surface area (Å²) in [5.41, 5.74) is 5.58. The molecular weight excluding hydrogens is 342 g/mol. The Morgan fingerprint density at radius 1 is 1.00 bits per heavy atom. The first-order valence-electron chi connectivity index (χ1n) is 8.40. The summed E-state index contributed by atoms with van der Waals surface area (Å²) in [5, 5.41) is 6.61. The van der Waals surface area contributed by atoms with E-state index in [1.165, 1.54) is 13.1 Å². The summed E-state index contributed by atoms with van der Waals surface area (Å²) in [4.78, 5) is 23.2. The molecule has 2 N–H and O–H groups in total. The van der Waals surface area contributed by atoms with Crippen molar-refractivity contribution in [2.45, 2.75) is 13.8 Å². The lowest BCUT2D eigenvalue weighted by Crippen LogP contribution is -2.24. The third kappa shape index (κ3) is 4.70. The van der Waals surface area contributed by atoms with Gasteiger partial charge in [-0.1, -0.05) is 42.5 Å². The Kier molecular flexibility index (Phi) is 5.47. The van der Waals surface area contributed by atoms with Crippen molar-refractivity contribution in [3.8, 4) is 11.3 Å². The van der Waals surface area contributed by atoms with Crippen LogP contribution in [0.4, 0.5) is 10.5 Å². The standard InChI is InChI=1S/C21H19N3O3/c1-14-5-3-4-6-19(14)23-21(26)24-22-13-18-11-12-20(27-18)17-9-7-16(8-10-17)15(2)25/h3-13H,1-2H3,(H2,23,24,26). The number of rotatable bonds is 5. The lowest BCUT2D eigenvalue weighted by molar-refractivity contribution is 0.101. The molecular formula is C21H19N3O3. The van der Waals surface area contributed by atoms with Crippen LogP contribution in [-0.2, 0) is 0 Å². The number of benzene rings is 2. The molecule has 0 saturated heterocycles. The Bertz CT molecular complexity index is 988. The zero-order valence-electron chi connectivity index (χ0n) is 15.0. The van der Waals surface area contributed by atoms with E-state index in [2.05, 4.69) is 15.8 Å². The van der Waals surface area contributed by atoms with Gasteiger partial charge in [-0.05, 0) is 37.6 Å². The molecule has 0 unspecified atom stereocenters. The number of urea groups is 1. The number of amides is 2. The zero-order valence-corrected chi connectivity index (χ0v) is 15.0. The Labute approximate surface area is 156 Å². The average Bonchev–Trinajstić information content (AvgIpc) is 3.12. The maximum absolute atomic E-state index is 11.9. The minimum Gasteiger partial charge on any atom is -0.455 e. The van der Waals surface area contributed by atoms with Gasteiger partial charge in [0.25, 0.3) is 0 Å². The maximum Gasteiger partial charge on any atom is 0.339 e. The molecule has 2 aromatic carbocycles. The van der Waals surface area contributed by atoms with Crippen LogP contribution in [0.15, 0.2) is 70.2 Å². The second-order valence-corrected chi connectivity index (χ2v) is 5.97. The number of hydrazone groups is 1. The molecule has 27 heavy (non-hydrogen) atoms. The number of hydrogen-bond donors (Lipinski definition) is 2. The van der Waals surface area contributed by atoms with Gasteiger partial charge in [-0.3, -0.25) is 4.79 Å². The smallest absolute Gasteiger partial charge is 0.339 e. The second-order valence-electron chi connectivity index (χ2n) is 5.97. The summed E-state index contributed by atoms with van der Waals surface area (Å²) in [6, 6.07) is 17.7. The second kappa shape index (κ2) is 8.14. The van der Waals surface area contributed by atoms with Crippen molar-refractivity contribution < 1.29 is 14.0 Å². The van der Waals surface area contributed by atoms with E-state index in [4.69, 9.17) is 4.42 Å². The highest BCUT2D eigenvalue weighted by Gasteiger charge is 2.06. The number of para-hydroxylation sites is 1. The normalized spacial score (nSPS) is 10.7. The van der Waals surface area contributed by atoms with Gasteiger partial charge in [-0.25, -0.2) is 10.2 Å². The highest BCUT2D eigenvalue weighted by Crippen LogP contribution is 2.22. The van der Waals surface area contributed by atoms with Crippen molar-refractivity contribution >= 4 is 23.7 Å². The van der Waals surface area contributed by atoms with Crippen LogP contribution in [0.1, 0.15) is 28.6 Å². The van der Waals surface area contributed by atoms with Crippen molar-refractivity contribution in [2.24, 2.45) is 5.10 Å². The van der Waals surface area contributed by atoms with Gasteiger partial charge in [-0.15, -0.1) is 0 Å². The Morgan fingerprint density at radius 3 is 2.44 bits per heavy atom. The largest absolute Gasteiger partial charge is 0.455 e. The highest BCUT2D eigenvalue weighted by molar-refractivity contribution is 5.94. The van der Waals surface area contributed by atoms with Gasteiger partial charge in [0.15, 0.2) is 5.78 Å². The number of furan rings is 1. The van der Waals surface area contributed by atoms with Crippen LogP contribution in [-0.4, -0.2) is 18.0 Å². The average molecular weight is 361 g/mol. The van der Waals surface area contributed by atoms with Gasteiger partial charge >= 0.3 is 6.03 Å². The lowest BCUT2D eigenvalue weighted by Gasteiger charge is -2.06. The number of anilines is 1. The first kappa shape index (κ1) is 18.1. The Morgan fingerprint density at radius 2 is 1.74 bits per heavy atom. The maximum atomic E-state index is 11.9. The van der Waals surface area contributed by atoms with E-state index in [1.54, 1.807) is 24.3 Å². The van der Waals surface area contributed by atoms with Crippen LogP contribution in [0.3, 0.4) is 0 Å². The van der Waals surface area contributed by atoms with Crippen molar-refractivity contribution in [1.29, 1.82) is 0 Å². The summed E-state index contributed by atoms with van der Waals surface area (Å²) in [6.07, 6.45) is 1.42. The number of nitrogens with one attached hydrogen (secondary N) is 2. The number of hydrogen-bond acceptors (Lipinski definition) is 4. The number of aryl methyl sites for hydroxylation is 1. The molecule has 0 aliphatic carbocycles. The number of carbonyl (C=O) groups is 2. The van der Waals surface area contributed by atoms with Gasteiger partial charge in [0.2, 0.25) is 0 Å². The number of nitrogens with zero attached hydrogens (tertiary/aromatic N) is 1. The summed E-state index contributed by atoms with van der Waals surface area (Å²) in [7, 11) is 0. The molecule has 0 radical (unpaired) electrons. The summed E-state index contributed by atoms with van der Waals surface area (Å²) in [5.74, 6) is 1.16. The Hall–Kier alpha value is -3.67. The SMILES string of the molecule is CC(=O)c1ccc(-c2ccc(C=NNC(=O)Nc3ccccc3C)o2)cc1. The summed E-state index contributed by atoms with van der Waals surface area (Å²) in [6.45, 7) is 3.44. The van der Waals surface area contributed by atoms with Crippen LogP contribution in [0.2, 0.25) is 0 Å². The van der Waals surface area contributed by atoms with E-state index < -0.39 is 6.03 Å². The molecule has 1 aromatic heterocycles. The van der Waals surface area contributed by atoms with Gasteiger partial charge in [0, 0.05) is 16.8 Å². The Balaban J connectivity index is 1.59. The molecule has 0 atom stereocenters. The predicted molar refractivity (Wildman–Crippen MR) is 105 cm³/mol. The van der Waals surface area contributed by atoms with Crippen molar-refractivity contribution in [2.75, 3.05) is 5.32 Å². The van der Waals surface area contributed by atoms with Crippen LogP contribution in [0.25, 0.3) is 11.3 Å². The molecule has 6 heteroatoms. The quantitative estimate of drug-likeness (QED) is 0.395. The number of carbonyl (C=O) groups excluding carboxylic acids is 2. The van der Waals surface area contributed by atoms with Gasteiger partial charge in [-0.2, -0.15) is 5.10 Å². The topological polar surface area (TPSA) is 83.7 Å². The van der Waals surface area contributed by atoms with E-state index in [0.717, 1.165) is 16.8 Å². The van der Waals surface area contributed by atoms with E-state index in [-0.39, 0.29) is 5.78 Å². The van der Waals surface area contributed by atoms with Crippen molar-refractivity contribution in [1.82, 2.24) is 5.43 Å². The molecule has 0 aliphatic rings. The predicted octanol–water partition coefficient (Wildman–Crippen LogP) is 4.61. The monoisotopic (exact) mass is 361 g/mol. The van der Waals surface area contributed by atoms with Crippen molar-refractivity contribution in [3.05, 3.63) is 77.6 Å². The number of Topliss-reactive ketones (excluding diaryl/α,β-unsaturated/α-hetero) is 1. The highest BCUT2D eigenvalue weighted by atomic mass is 16.3. The zero-order chi connectivity index (χ0) is 19.2. The summed E-state index contributed by atoms with van der Waals surface area (Å²) >= 11 is 0. The molecule has 0 fully saturated rings. The van der Waals surface area contributed by atoms with Gasteiger partial charge in [0.05, 0.1) is 6.21 Å². The first-order chi connectivity index (χ1) is 13.0. The fourth-order valence-electron chi connectivity index (χ4n) is 2.46. The third-order valence-electron chi connectivity index (χ3n) is 3.95. The molecule has 0 saturated carbocycles. The van der Waals surface area contributed by atoms with E-state index in [9.17, 15) is 9.59 Å². The van der Waals surface area contributed by atoms with Crippen LogP contribution < -0.4 is 10.7 Å². The molecule has 3 rings (SSSR count). The number of ketones is 1. The molecule has 3 aromatic rings. The van der Waals surface area contributed by atoms with Gasteiger partial charge in [0.1, 0.15) is 11.5 Å². The van der Waals surface area contributed by atoms with Crippen LogP contribution in [0, 0.1) is 6.92 Å². The van der Waals surface area contributed by atoms with Crippen molar-refractivity contribution in [3.63, 3.8) is 0 Å². The molecule has 0 spiro atoms. The van der Waals surface area contributed by atoms with Gasteiger partial charge < -0.3 is 9.73 Å². The fourth-order valence-corrected chi connectivity index (χ4v) is 2.46. The molecule has 1 heterocycles. The molecule has 0 aliphatic heterocycles. The molecule has 136 valence electrons. The molecule has 2 amide bonds.